The maximum absolute atomic E-state index is 12.4. The van der Waals surface area contributed by atoms with E-state index in [0.29, 0.717) is 37.6 Å². The summed E-state index contributed by atoms with van der Waals surface area (Å²) in [5, 5.41) is 17.9. The van der Waals surface area contributed by atoms with Crippen molar-refractivity contribution in [2.75, 3.05) is 26.7 Å². The molecule has 5 N–H and O–H groups in total. The first-order valence-corrected chi connectivity index (χ1v) is 12.5. The predicted octanol–water partition coefficient (Wildman–Crippen LogP) is 1.57. The number of nitriles is 1. The van der Waals surface area contributed by atoms with Gasteiger partial charge in [0, 0.05) is 26.1 Å². The molecule has 0 aromatic heterocycles. The first-order chi connectivity index (χ1) is 17.0. The van der Waals surface area contributed by atoms with E-state index in [9.17, 15) is 9.59 Å². The Hall–Kier alpha value is -2.99. The molecule has 0 radical (unpaired) electrons. The fourth-order valence-electron chi connectivity index (χ4n) is 4.28. The van der Waals surface area contributed by atoms with Gasteiger partial charge >= 0.3 is 0 Å². The minimum atomic E-state index is -0.627. The molecule has 0 saturated heterocycles. The van der Waals surface area contributed by atoms with E-state index >= 15 is 0 Å². The molecule has 0 spiro atoms. The van der Waals surface area contributed by atoms with E-state index in [2.05, 4.69) is 34.2 Å². The van der Waals surface area contributed by atoms with Crippen LogP contribution in [0.3, 0.4) is 0 Å². The first kappa shape index (κ1) is 26.6. The number of ether oxygens (including phenoxy) is 1. The standard InChI is InChI=1S/C27H37N5O3/c1-30-27(34)25(22-12-13-22)31-15-16-35-24-7-3-2-5-21(24)6-4-14-32-26(33)23(29)17-19-8-10-20(18-28)11-9-19/h2-3,5,7-11,21-25,31H,4,6,12-17,29H2,1H3,(H,30,34)(H,32,33). The molecule has 1 aromatic carbocycles. The maximum Gasteiger partial charge on any atom is 0.237 e. The van der Waals surface area contributed by atoms with E-state index in [4.69, 9.17) is 15.7 Å². The summed E-state index contributed by atoms with van der Waals surface area (Å²) in [6.45, 7) is 1.71. The van der Waals surface area contributed by atoms with Crippen LogP contribution < -0.4 is 21.7 Å². The molecular weight excluding hydrogens is 442 g/mol. The Morgan fingerprint density at radius 3 is 2.57 bits per heavy atom. The van der Waals surface area contributed by atoms with Crippen molar-refractivity contribution >= 4 is 11.8 Å². The van der Waals surface area contributed by atoms with Gasteiger partial charge in [-0.2, -0.15) is 5.26 Å². The Labute approximate surface area is 208 Å². The lowest BCUT2D eigenvalue weighted by Gasteiger charge is -2.25. The zero-order valence-electron chi connectivity index (χ0n) is 20.4. The van der Waals surface area contributed by atoms with Crippen LogP contribution in [0.5, 0.6) is 0 Å². The molecule has 1 aromatic rings. The molecule has 0 bridgehead atoms. The SMILES string of the molecule is CNC(=O)C(NCCOC1C=CC=CC1CCCNC(=O)C(N)Cc1ccc(C#N)cc1)C1CC1. The summed E-state index contributed by atoms with van der Waals surface area (Å²) < 4.78 is 6.10. The van der Waals surface area contributed by atoms with Crippen molar-refractivity contribution in [3.63, 3.8) is 0 Å². The number of hydrogen-bond acceptors (Lipinski definition) is 6. The van der Waals surface area contributed by atoms with Crippen molar-refractivity contribution in [2.45, 2.75) is 50.3 Å². The van der Waals surface area contributed by atoms with Gasteiger partial charge in [0.05, 0.1) is 36.4 Å². The fourth-order valence-corrected chi connectivity index (χ4v) is 4.28. The number of carbonyl (C=O) groups excluding carboxylic acids is 2. The number of amides is 2. The summed E-state index contributed by atoms with van der Waals surface area (Å²) in [4.78, 5) is 24.4. The van der Waals surface area contributed by atoms with Gasteiger partial charge in [0.1, 0.15) is 0 Å². The minimum Gasteiger partial charge on any atom is -0.372 e. The van der Waals surface area contributed by atoms with E-state index in [1.54, 1.807) is 19.2 Å². The number of nitrogens with zero attached hydrogens (tertiary/aromatic N) is 1. The summed E-state index contributed by atoms with van der Waals surface area (Å²) in [5.41, 5.74) is 7.57. The van der Waals surface area contributed by atoms with E-state index in [0.717, 1.165) is 31.2 Å². The number of carbonyl (C=O) groups is 2. The fraction of sp³-hybridized carbons (Fsp3) is 0.519. The van der Waals surface area contributed by atoms with Crippen molar-refractivity contribution < 1.29 is 14.3 Å². The van der Waals surface area contributed by atoms with Crippen LogP contribution in [-0.2, 0) is 20.7 Å². The average molecular weight is 480 g/mol. The Morgan fingerprint density at radius 1 is 1.14 bits per heavy atom. The second-order valence-electron chi connectivity index (χ2n) is 9.21. The number of rotatable bonds is 14. The number of benzene rings is 1. The monoisotopic (exact) mass is 479 g/mol. The molecule has 1 saturated carbocycles. The Morgan fingerprint density at radius 2 is 1.89 bits per heavy atom. The van der Waals surface area contributed by atoms with Gasteiger partial charge in [0.15, 0.2) is 0 Å². The molecule has 4 unspecified atom stereocenters. The van der Waals surface area contributed by atoms with E-state index in [-0.39, 0.29) is 29.9 Å². The molecule has 1 fully saturated rings. The molecular formula is C27H37N5O3. The maximum atomic E-state index is 12.4. The minimum absolute atomic E-state index is 0.0180. The van der Waals surface area contributed by atoms with E-state index in [1.807, 2.05) is 24.3 Å². The van der Waals surface area contributed by atoms with Crippen molar-refractivity contribution in [3.05, 3.63) is 59.7 Å². The van der Waals surface area contributed by atoms with E-state index in [1.165, 1.54) is 0 Å². The highest BCUT2D eigenvalue weighted by Crippen LogP contribution is 2.32. The number of nitrogens with one attached hydrogen (secondary N) is 3. The predicted molar refractivity (Wildman–Crippen MR) is 135 cm³/mol. The second-order valence-corrected chi connectivity index (χ2v) is 9.21. The molecule has 8 nitrogen and oxygen atoms in total. The van der Waals surface area contributed by atoms with Gasteiger partial charge in [0.25, 0.3) is 0 Å². The van der Waals surface area contributed by atoms with Crippen LogP contribution in [0.1, 0.15) is 36.8 Å². The lowest BCUT2D eigenvalue weighted by molar-refractivity contribution is -0.123. The van der Waals surface area contributed by atoms with Crippen LogP contribution in [0.2, 0.25) is 0 Å². The summed E-state index contributed by atoms with van der Waals surface area (Å²) in [5.74, 6) is 0.549. The topological polar surface area (TPSA) is 129 Å². The normalized spacial score (nSPS) is 20.6. The van der Waals surface area contributed by atoms with Gasteiger partial charge in [-0.1, -0.05) is 36.4 Å². The highest BCUT2D eigenvalue weighted by Gasteiger charge is 2.35. The molecule has 3 rings (SSSR count). The molecule has 188 valence electrons. The summed E-state index contributed by atoms with van der Waals surface area (Å²) in [7, 11) is 1.67. The van der Waals surface area contributed by atoms with Crippen LogP contribution in [0.25, 0.3) is 0 Å². The highest BCUT2D eigenvalue weighted by atomic mass is 16.5. The smallest absolute Gasteiger partial charge is 0.237 e. The zero-order valence-corrected chi connectivity index (χ0v) is 20.4. The third kappa shape index (κ3) is 8.62. The second kappa shape index (κ2) is 13.8. The van der Waals surface area contributed by atoms with Crippen LogP contribution >= 0.6 is 0 Å². The van der Waals surface area contributed by atoms with Crippen LogP contribution in [-0.4, -0.2) is 56.7 Å². The summed E-state index contributed by atoms with van der Waals surface area (Å²) in [6, 6.07) is 8.44. The van der Waals surface area contributed by atoms with Crippen LogP contribution in [0, 0.1) is 23.2 Å². The van der Waals surface area contributed by atoms with Crippen molar-refractivity contribution in [3.8, 4) is 6.07 Å². The number of likely N-dealkylation sites (N-methyl/N-ethyl adjacent to an activating group) is 1. The largest absolute Gasteiger partial charge is 0.372 e. The molecule has 0 heterocycles. The van der Waals surface area contributed by atoms with Gasteiger partial charge in [0.2, 0.25) is 11.8 Å². The Bertz CT molecular complexity index is 933. The van der Waals surface area contributed by atoms with Gasteiger partial charge in [-0.05, 0) is 55.7 Å². The molecule has 8 heteroatoms. The zero-order chi connectivity index (χ0) is 25.0. The Balaban J connectivity index is 1.33. The van der Waals surface area contributed by atoms with Crippen molar-refractivity contribution in [1.82, 2.24) is 16.0 Å². The summed E-state index contributed by atoms with van der Waals surface area (Å²) >= 11 is 0. The molecule has 0 aliphatic heterocycles. The number of nitrogens with two attached hydrogens (primary N) is 1. The Kier molecular flexibility index (Phi) is 10.5. The highest BCUT2D eigenvalue weighted by molar-refractivity contribution is 5.82. The first-order valence-electron chi connectivity index (χ1n) is 12.5. The van der Waals surface area contributed by atoms with Gasteiger partial charge < -0.3 is 26.4 Å². The quantitative estimate of drug-likeness (QED) is 0.300. The van der Waals surface area contributed by atoms with Crippen molar-refractivity contribution in [2.24, 2.45) is 17.6 Å². The number of hydrogen-bond donors (Lipinski definition) is 4. The third-order valence-electron chi connectivity index (χ3n) is 6.48. The van der Waals surface area contributed by atoms with Crippen LogP contribution in [0.4, 0.5) is 0 Å². The van der Waals surface area contributed by atoms with Gasteiger partial charge in [-0.15, -0.1) is 0 Å². The lowest BCUT2D eigenvalue weighted by atomic mass is 9.92. The van der Waals surface area contributed by atoms with Gasteiger partial charge in [-0.3, -0.25) is 9.59 Å². The summed E-state index contributed by atoms with van der Waals surface area (Å²) in [6.07, 6.45) is 12.5. The molecule has 2 aliphatic carbocycles. The number of allylic oxidation sites excluding steroid dienone is 2. The lowest BCUT2D eigenvalue weighted by Crippen LogP contribution is -2.45. The van der Waals surface area contributed by atoms with Crippen LogP contribution in [0.15, 0.2) is 48.6 Å². The molecule has 4 atom stereocenters. The van der Waals surface area contributed by atoms with E-state index < -0.39 is 6.04 Å². The average Bonchev–Trinajstić information content (AvgIpc) is 3.72. The molecule has 35 heavy (non-hydrogen) atoms. The molecule has 2 amide bonds. The molecule has 2 aliphatic rings. The third-order valence-corrected chi connectivity index (χ3v) is 6.48. The van der Waals surface area contributed by atoms with Gasteiger partial charge in [-0.25, -0.2) is 0 Å². The van der Waals surface area contributed by atoms with Crippen molar-refractivity contribution in [1.29, 1.82) is 5.26 Å².